The Balaban J connectivity index is 2.85. The van der Waals surface area contributed by atoms with E-state index in [9.17, 15) is 23.1 Å². The second-order valence-electron chi connectivity index (χ2n) is 6.36. The molecule has 0 aliphatic carbocycles. The van der Waals surface area contributed by atoms with Crippen molar-refractivity contribution < 1.29 is 32.6 Å². The summed E-state index contributed by atoms with van der Waals surface area (Å²) in [7, 11) is 0. The van der Waals surface area contributed by atoms with Gasteiger partial charge >= 0.3 is 6.18 Å². The third-order valence-corrected chi connectivity index (χ3v) is 3.59. The van der Waals surface area contributed by atoms with E-state index in [1.807, 2.05) is 0 Å². The molecule has 0 radical (unpaired) electrons. The van der Waals surface area contributed by atoms with E-state index in [1.54, 1.807) is 13.8 Å². The molecule has 0 aliphatic heterocycles. The van der Waals surface area contributed by atoms with Crippen LogP contribution >= 0.6 is 0 Å². The van der Waals surface area contributed by atoms with Gasteiger partial charge in [0.2, 0.25) is 11.5 Å². The summed E-state index contributed by atoms with van der Waals surface area (Å²) in [6, 6.07) is 2.29. The summed E-state index contributed by atoms with van der Waals surface area (Å²) in [5.41, 5.74) is -3.85. The summed E-state index contributed by atoms with van der Waals surface area (Å²) < 4.78 is 44.6. The van der Waals surface area contributed by atoms with Gasteiger partial charge in [0.05, 0.1) is 6.42 Å². The number of hydrogen-bond acceptors (Lipinski definition) is 4. The molecule has 0 spiro atoms. The van der Waals surface area contributed by atoms with Crippen molar-refractivity contribution in [2.24, 2.45) is 5.41 Å². The van der Waals surface area contributed by atoms with Crippen LogP contribution in [0.5, 0.6) is 0 Å². The number of carbonyl (C=O) groups excluding carboxylic acids is 1. The molecule has 1 rings (SSSR count). The van der Waals surface area contributed by atoms with Crippen LogP contribution in [0.2, 0.25) is 0 Å². The van der Waals surface area contributed by atoms with Gasteiger partial charge in [0, 0.05) is 13.2 Å². The predicted octanol–water partition coefficient (Wildman–Crippen LogP) is 2.25. The lowest BCUT2D eigenvalue weighted by molar-refractivity contribution is -0.273. The number of nitrogens with one attached hydrogen (secondary N) is 1. The maximum atomic E-state index is 13.2. The number of furan rings is 1. The van der Waals surface area contributed by atoms with Crippen molar-refractivity contribution in [3.8, 4) is 0 Å². The van der Waals surface area contributed by atoms with Crippen LogP contribution < -0.4 is 5.32 Å². The zero-order valence-corrected chi connectivity index (χ0v) is 13.3. The van der Waals surface area contributed by atoms with E-state index < -0.39 is 35.3 Å². The number of aryl methyl sites for hydroxylation is 1. The van der Waals surface area contributed by atoms with Crippen LogP contribution in [0.25, 0.3) is 0 Å². The van der Waals surface area contributed by atoms with Crippen LogP contribution in [-0.2, 0) is 10.4 Å². The van der Waals surface area contributed by atoms with Crippen LogP contribution in [0.4, 0.5) is 13.2 Å². The van der Waals surface area contributed by atoms with Gasteiger partial charge in [0.25, 0.3) is 0 Å². The molecule has 0 aromatic carbocycles. The largest absolute Gasteiger partial charge is 0.463 e. The fraction of sp³-hybridized carbons (Fsp3) is 0.667. The van der Waals surface area contributed by atoms with Crippen molar-refractivity contribution in [1.29, 1.82) is 0 Å². The molecule has 1 unspecified atom stereocenters. The van der Waals surface area contributed by atoms with E-state index in [4.69, 9.17) is 9.52 Å². The molecule has 1 atom stereocenters. The molecule has 1 aromatic rings. The Morgan fingerprint density at radius 2 is 1.91 bits per heavy atom. The number of rotatable bonds is 7. The van der Waals surface area contributed by atoms with Gasteiger partial charge in [-0.3, -0.25) is 4.79 Å². The normalized spacial score (nSPS) is 15.3. The first kappa shape index (κ1) is 19.5. The second-order valence-corrected chi connectivity index (χ2v) is 6.36. The van der Waals surface area contributed by atoms with Crippen molar-refractivity contribution in [1.82, 2.24) is 5.32 Å². The molecule has 23 heavy (non-hydrogen) atoms. The number of halogens is 3. The van der Waals surface area contributed by atoms with Gasteiger partial charge in [-0.05, 0) is 30.9 Å². The molecular formula is C15H22F3NO4. The van der Waals surface area contributed by atoms with Crippen molar-refractivity contribution in [2.45, 2.75) is 45.4 Å². The van der Waals surface area contributed by atoms with Gasteiger partial charge in [-0.2, -0.15) is 13.2 Å². The molecule has 5 nitrogen and oxygen atoms in total. The third-order valence-electron chi connectivity index (χ3n) is 3.59. The molecule has 1 aromatic heterocycles. The van der Waals surface area contributed by atoms with Crippen molar-refractivity contribution in [3.05, 3.63) is 23.7 Å². The average molecular weight is 337 g/mol. The van der Waals surface area contributed by atoms with Gasteiger partial charge in [-0.1, -0.05) is 13.8 Å². The summed E-state index contributed by atoms with van der Waals surface area (Å²) >= 11 is 0. The monoisotopic (exact) mass is 337 g/mol. The Morgan fingerprint density at radius 3 is 2.35 bits per heavy atom. The van der Waals surface area contributed by atoms with Crippen LogP contribution in [0, 0.1) is 12.3 Å². The van der Waals surface area contributed by atoms with E-state index in [-0.39, 0.29) is 18.9 Å². The fourth-order valence-corrected chi connectivity index (χ4v) is 2.01. The van der Waals surface area contributed by atoms with Gasteiger partial charge in [-0.25, -0.2) is 0 Å². The predicted molar refractivity (Wildman–Crippen MR) is 76.5 cm³/mol. The number of hydrogen-bond donors (Lipinski definition) is 3. The Bertz CT molecular complexity index is 539. The number of carbonyl (C=O) groups is 1. The van der Waals surface area contributed by atoms with E-state index in [1.165, 1.54) is 13.0 Å². The molecule has 3 N–H and O–H groups in total. The SMILES string of the molecule is Cc1ccc(C(O)(CC(=O)NCC(C)(C)CCO)C(F)(F)F)o1. The second kappa shape index (κ2) is 6.92. The summed E-state index contributed by atoms with van der Waals surface area (Å²) in [5.74, 6) is -1.47. The maximum absolute atomic E-state index is 13.2. The quantitative estimate of drug-likeness (QED) is 0.713. The Morgan fingerprint density at radius 1 is 1.30 bits per heavy atom. The highest BCUT2D eigenvalue weighted by molar-refractivity contribution is 5.77. The molecular weight excluding hydrogens is 315 g/mol. The van der Waals surface area contributed by atoms with E-state index in [0.717, 1.165) is 6.07 Å². The minimum Gasteiger partial charge on any atom is -0.463 e. The Hall–Kier alpha value is -1.54. The highest BCUT2D eigenvalue weighted by atomic mass is 19.4. The average Bonchev–Trinajstić information content (AvgIpc) is 2.82. The molecule has 1 heterocycles. The number of aliphatic hydroxyl groups is 2. The lowest BCUT2D eigenvalue weighted by Crippen LogP contribution is -2.47. The molecule has 0 fully saturated rings. The van der Waals surface area contributed by atoms with E-state index in [0.29, 0.717) is 6.42 Å². The molecule has 0 bridgehead atoms. The topological polar surface area (TPSA) is 82.7 Å². The van der Waals surface area contributed by atoms with Crippen molar-refractivity contribution in [2.75, 3.05) is 13.2 Å². The van der Waals surface area contributed by atoms with Gasteiger partial charge in [0.1, 0.15) is 11.5 Å². The zero-order valence-electron chi connectivity index (χ0n) is 13.3. The number of amides is 1. The van der Waals surface area contributed by atoms with E-state index in [2.05, 4.69) is 5.32 Å². The van der Waals surface area contributed by atoms with Gasteiger partial charge < -0.3 is 19.9 Å². The first-order valence-electron chi connectivity index (χ1n) is 7.15. The van der Waals surface area contributed by atoms with Crippen molar-refractivity contribution >= 4 is 5.91 Å². The zero-order chi connectivity index (χ0) is 17.9. The van der Waals surface area contributed by atoms with Crippen LogP contribution in [0.1, 0.15) is 38.2 Å². The third kappa shape index (κ3) is 4.97. The summed E-state index contributed by atoms with van der Waals surface area (Å²) in [5, 5.41) is 21.3. The standard InChI is InChI=1S/C15H22F3NO4/c1-10-4-5-11(23-10)14(22,15(16,17)18)8-12(21)19-9-13(2,3)6-7-20/h4-5,20,22H,6-9H2,1-3H3,(H,19,21). The summed E-state index contributed by atoms with van der Waals surface area (Å²) in [6.45, 7) is 4.95. The Kier molecular flexibility index (Phi) is 5.87. The number of alkyl halides is 3. The fourth-order valence-electron chi connectivity index (χ4n) is 2.01. The lowest BCUT2D eigenvalue weighted by Gasteiger charge is -2.29. The highest BCUT2D eigenvalue weighted by Gasteiger charge is 2.58. The molecule has 8 heteroatoms. The van der Waals surface area contributed by atoms with Gasteiger partial charge in [0.15, 0.2) is 0 Å². The molecule has 0 aliphatic rings. The lowest BCUT2D eigenvalue weighted by atomic mass is 9.89. The van der Waals surface area contributed by atoms with Crippen LogP contribution in [0.15, 0.2) is 16.5 Å². The van der Waals surface area contributed by atoms with Crippen molar-refractivity contribution in [3.63, 3.8) is 0 Å². The summed E-state index contributed by atoms with van der Waals surface area (Å²) in [4.78, 5) is 11.9. The van der Waals surface area contributed by atoms with Crippen LogP contribution in [-0.4, -0.2) is 35.4 Å². The summed E-state index contributed by atoms with van der Waals surface area (Å²) in [6.07, 6.45) is -5.87. The first-order chi connectivity index (χ1) is 10.4. The van der Waals surface area contributed by atoms with E-state index >= 15 is 0 Å². The molecule has 0 saturated carbocycles. The highest BCUT2D eigenvalue weighted by Crippen LogP contribution is 2.42. The first-order valence-corrected chi connectivity index (χ1v) is 7.15. The molecule has 0 saturated heterocycles. The molecule has 132 valence electrons. The van der Waals surface area contributed by atoms with Crippen LogP contribution in [0.3, 0.4) is 0 Å². The maximum Gasteiger partial charge on any atom is 0.425 e. The minimum absolute atomic E-state index is 0.0809. The molecule has 1 amide bonds. The Labute approximate surface area is 132 Å². The smallest absolute Gasteiger partial charge is 0.425 e. The number of aliphatic hydroxyl groups excluding tert-OH is 1. The minimum atomic E-state index is -5.06. The van der Waals surface area contributed by atoms with Gasteiger partial charge in [-0.15, -0.1) is 0 Å².